The molecule has 0 saturated carbocycles. The van der Waals surface area contributed by atoms with Crippen molar-refractivity contribution in [2.45, 2.75) is 13.1 Å². The van der Waals surface area contributed by atoms with Crippen molar-refractivity contribution in [3.8, 4) is 0 Å². The standard InChI is InChI=1S/C17H20N2O3/c20-17(16-5-8-22-13-16)18-11-14-1-3-15(4-2-14)12-19-6-9-21-10-7-19/h1-5,8,13H,6-7,9-12H2,(H,18,20). The van der Waals surface area contributed by atoms with Gasteiger partial charge >= 0.3 is 0 Å². The molecule has 1 N–H and O–H groups in total. The normalized spacial score (nSPS) is 15.6. The van der Waals surface area contributed by atoms with E-state index >= 15 is 0 Å². The Morgan fingerprint density at radius 2 is 1.82 bits per heavy atom. The molecule has 116 valence electrons. The van der Waals surface area contributed by atoms with Crippen LogP contribution in [0, 0.1) is 0 Å². The molecule has 2 heterocycles. The monoisotopic (exact) mass is 300 g/mol. The van der Waals surface area contributed by atoms with Gasteiger partial charge in [-0.1, -0.05) is 24.3 Å². The minimum absolute atomic E-state index is 0.119. The van der Waals surface area contributed by atoms with Crippen molar-refractivity contribution in [1.29, 1.82) is 0 Å². The molecule has 1 aliphatic heterocycles. The van der Waals surface area contributed by atoms with Crippen LogP contribution >= 0.6 is 0 Å². The predicted molar refractivity (Wildman–Crippen MR) is 82.4 cm³/mol. The molecule has 0 radical (unpaired) electrons. The number of hydrogen-bond donors (Lipinski definition) is 1. The lowest BCUT2D eigenvalue weighted by Crippen LogP contribution is -2.35. The molecule has 2 aromatic rings. The van der Waals surface area contributed by atoms with Gasteiger partial charge in [0, 0.05) is 26.2 Å². The zero-order chi connectivity index (χ0) is 15.2. The number of morpholine rings is 1. The van der Waals surface area contributed by atoms with E-state index in [4.69, 9.17) is 9.15 Å². The van der Waals surface area contributed by atoms with E-state index in [1.165, 1.54) is 18.1 Å². The van der Waals surface area contributed by atoms with Gasteiger partial charge in [0.25, 0.3) is 5.91 Å². The summed E-state index contributed by atoms with van der Waals surface area (Å²) < 4.78 is 10.3. The highest BCUT2D eigenvalue weighted by Crippen LogP contribution is 2.09. The Hall–Kier alpha value is -2.11. The van der Waals surface area contributed by atoms with Gasteiger partial charge in [-0.25, -0.2) is 0 Å². The van der Waals surface area contributed by atoms with Gasteiger partial charge in [0.05, 0.1) is 25.0 Å². The van der Waals surface area contributed by atoms with Gasteiger partial charge in [-0.3, -0.25) is 9.69 Å². The third-order valence-electron chi connectivity index (χ3n) is 3.77. The maximum atomic E-state index is 11.8. The summed E-state index contributed by atoms with van der Waals surface area (Å²) in [4.78, 5) is 14.2. The number of amides is 1. The lowest BCUT2D eigenvalue weighted by Gasteiger charge is -2.26. The Morgan fingerprint density at radius 1 is 1.09 bits per heavy atom. The molecule has 1 amide bonds. The molecule has 5 nitrogen and oxygen atoms in total. The average molecular weight is 300 g/mol. The highest BCUT2D eigenvalue weighted by Gasteiger charge is 2.10. The van der Waals surface area contributed by atoms with Crippen LogP contribution in [0.5, 0.6) is 0 Å². The van der Waals surface area contributed by atoms with Gasteiger partial charge in [0.15, 0.2) is 0 Å². The van der Waals surface area contributed by atoms with E-state index in [0.717, 1.165) is 38.4 Å². The molecule has 0 unspecified atom stereocenters. The van der Waals surface area contributed by atoms with Crippen molar-refractivity contribution in [1.82, 2.24) is 10.2 Å². The first-order chi connectivity index (χ1) is 10.8. The molecule has 1 aromatic carbocycles. The SMILES string of the molecule is O=C(NCc1ccc(CN2CCOCC2)cc1)c1ccoc1. The van der Waals surface area contributed by atoms with E-state index in [1.54, 1.807) is 6.07 Å². The summed E-state index contributed by atoms with van der Waals surface area (Å²) in [5.74, 6) is -0.119. The summed E-state index contributed by atoms with van der Waals surface area (Å²) in [6.45, 7) is 5.08. The molecule has 1 aromatic heterocycles. The minimum atomic E-state index is -0.119. The Kier molecular flexibility index (Phi) is 4.88. The summed E-state index contributed by atoms with van der Waals surface area (Å²) >= 11 is 0. The first-order valence-electron chi connectivity index (χ1n) is 7.49. The number of carbonyl (C=O) groups is 1. The number of ether oxygens (including phenoxy) is 1. The molecular weight excluding hydrogens is 280 g/mol. The number of nitrogens with zero attached hydrogens (tertiary/aromatic N) is 1. The average Bonchev–Trinajstić information content (AvgIpc) is 3.09. The predicted octanol–water partition coefficient (Wildman–Crippen LogP) is 2.04. The molecular formula is C17H20N2O3. The molecule has 0 spiro atoms. The fourth-order valence-corrected chi connectivity index (χ4v) is 2.46. The Morgan fingerprint density at radius 3 is 2.50 bits per heavy atom. The lowest BCUT2D eigenvalue weighted by atomic mass is 10.1. The van der Waals surface area contributed by atoms with Crippen molar-refractivity contribution in [2.75, 3.05) is 26.3 Å². The number of rotatable bonds is 5. The highest BCUT2D eigenvalue weighted by molar-refractivity contribution is 5.93. The van der Waals surface area contributed by atoms with Crippen LogP contribution in [-0.2, 0) is 17.8 Å². The van der Waals surface area contributed by atoms with Crippen LogP contribution in [0.3, 0.4) is 0 Å². The first kappa shape index (κ1) is 14.8. The van der Waals surface area contributed by atoms with Gasteiger partial charge in [-0.15, -0.1) is 0 Å². The maximum Gasteiger partial charge on any atom is 0.254 e. The lowest BCUT2D eigenvalue weighted by molar-refractivity contribution is 0.0342. The van der Waals surface area contributed by atoms with Gasteiger partial charge in [0.2, 0.25) is 0 Å². The highest BCUT2D eigenvalue weighted by atomic mass is 16.5. The second-order valence-corrected chi connectivity index (χ2v) is 5.40. The van der Waals surface area contributed by atoms with Crippen LogP contribution in [0.1, 0.15) is 21.5 Å². The molecule has 0 bridgehead atoms. The van der Waals surface area contributed by atoms with Crippen molar-refractivity contribution in [3.05, 3.63) is 59.5 Å². The molecule has 3 rings (SSSR count). The van der Waals surface area contributed by atoms with Crippen LogP contribution in [-0.4, -0.2) is 37.1 Å². The van der Waals surface area contributed by atoms with E-state index in [1.807, 2.05) is 0 Å². The van der Waals surface area contributed by atoms with Gasteiger partial charge in [-0.05, 0) is 17.2 Å². The van der Waals surface area contributed by atoms with E-state index in [2.05, 4.69) is 34.5 Å². The molecule has 1 fully saturated rings. The van der Waals surface area contributed by atoms with Crippen LogP contribution in [0.2, 0.25) is 0 Å². The Bertz CT molecular complexity index is 587. The first-order valence-corrected chi connectivity index (χ1v) is 7.49. The fourth-order valence-electron chi connectivity index (χ4n) is 2.46. The Balaban J connectivity index is 1.49. The van der Waals surface area contributed by atoms with Gasteiger partial charge in [-0.2, -0.15) is 0 Å². The third-order valence-corrected chi connectivity index (χ3v) is 3.77. The number of furan rings is 1. The largest absolute Gasteiger partial charge is 0.472 e. The summed E-state index contributed by atoms with van der Waals surface area (Å²) in [7, 11) is 0. The summed E-state index contributed by atoms with van der Waals surface area (Å²) in [5, 5.41) is 2.88. The zero-order valence-corrected chi connectivity index (χ0v) is 12.5. The van der Waals surface area contributed by atoms with E-state index < -0.39 is 0 Å². The summed E-state index contributed by atoms with van der Waals surface area (Å²) in [5.41, 5.74) is 2.92. The summed E-state index contributed by atoms with van der Waals surface area (Å²) in [6.07, 6.45) is 2.94. The molecule has 1 saturated heterocycles. The minimum Gasteiger partial charge on any atom is -0.472 e. The van der Waals surface area contributed by atoms with E-state index in [0.29, 0.717) is 12.1 Å². The van der Waals surface area contributed by atoms with Crippen LogP contribution in [0.15, 0.2) is 47.3 Å². The van der Waals surface area contributed by atoms with Gasteiger partial charge in [0.1, 0.15) is 6.26 Å². The van der Waals surface area contributed by atoms with Crippen LogP contribution < -0.4 is 5.32 Å². The number of benzene rings is 1. The molecule has 5 heteroatoms. The van der Waals surface area contributed by atoms with E-state index in [9.17, 15) is 4.79 Å². The van der Waals surface area contributed by atoms with Crippen molar-refractivity contribution < 1.29 is 13.9 Å². The van der Waals surface area contributed by atoms with Crippen molar-refractivity contribution >= 4 is 5.91 Å². The second-order valence-electron chi connectivity index (χ2n) is 5.40. The topological polar surface area (TPSA) is 54.7 Å². The van der Waals surface area contributed by atoms with Crippen molar-refractivity contribution in [3.63, 3.8) is 0 Å². The van der Waals surface area contributed by atoms with Gasteiger partial charge < -0.3 is 14.5 Å². The number of hydrogen-bond acceptors (Lipinski definition) is 4. The van der Waals surface area contributed by atoms with E-state index in [-0.39, 0.29) is 5.91 Å². The number of carbonyl (C=O) groups excluding carboxylic acids is 1. The van der Waals surface area contributed by atoms with Crippen molar-refractivity contribution in [2.24, 2.45) is 0 Å². The quantitative estimate of drug-likeness (QED) is 0.918. The van der Waals surface area contributed by atoms with Crippen LogP contribution in [0.25, 0.3) is 0 Å². The van der Waals surface area contributed by atoms with Crippen LogP contribution in [0.4, 0.5) is 0 Å². The zero-order valence-electron chi connectivity index (χ0n) is 12.5. The Labute approximate surface area is 129 Å². The smallest absolute Gasteiger partial charge is 0.254 e. The molecule has 0 atom stereocenters. The molecule has 1 aliphatic rings. The number of nitrogens with one attached hydrogen (secondary N) is 1. The second kappa shape index (κ2) is 7.24. The summed E-state index contributed by atoms with van der Waals surface area (Å²) in [6, 6.07) is 10.0. The third kappa shape index (κ3) is 3.96. The molecule has 22 heavy (non-hydrogen) atoms. The molecule has 0 aliphatic carbocycles. The maximum absolute atomic E-state index is 11.8. The fraction of sp³-hybridized carbons (Fsp3) is 0.353.